The van der Waals surface area contributed by atoms with Crippen molar-refractivity contribution in [3.05, 3.63) is 35.4 Å². The van der Waals surface area contributed by atoms with E-state index in [0.29, 0.717) is 6.04 Å². The summed E-state index contributed by atoms with van der Waals surface area (Å²) in [7, 11) is 0. The highest BCUT2D eigenvalue weighted by Gasteiger charge is 2.18. The summed E-state index contributed by atoms with van der Waals surface area (Å²) < 4.78 is 0. The smallest absolute Gasteiger partial charge is 0.0446 e. The largest absolute Gasteiger partial charge is 0.396 e. The lowest BCUT2D eigenvalue weighted by Gasteiger charge is -2.33. The molecule has 1 fully saturated rings. The molecule has 1 aromatic rings. The zero-order valence-electron chi connectivity index (χ0n) is 10.5. The van der Waals surface area contributed by atoms with Gasteiger partial charge in [0.2, 0.25) is 0 Å². The number of nitrogens with zero attached hydrogens (tertiary/aromatic N) is 1. The Bertz CT molecular complexity index is 335. The SMILES string of the molecule is Cc1ccc(CN2CCNC(CCO)C2)cc1. The highest BCUT2D eigenvalue weighted by atomic mass is 16.3. The van der Waals surface area contributed by atoms with Gasteiger partial charge in [0.15, 0.2) is 0 Å². The first-order valence-electron chi connectivity index (χ1n) is 6.40. The zero-order valence-corrected chi connectivity index (χ0v) is 10.5. The van der Waals surface area contributed by atoms with Crippen molar-refractivity contribution in [3.8, 4) is 0 Å². The molecule has 1 aliphatic heterocycles. The number of rotatable bonds is 4. The van der Waals surface area contributed by atoms with E-state index in [-0.39, 0.29) is 6.61 Å². The maximum Gasteiger partial charge on any atom is 0.0446 e. The molecule has 0 aromatic heterocycles. The summed E-state index contributed by atoms with van der Waals surface area (Å²) in [4.78, 5) is 2.46. The van der Waals surface area contributed by atoms with Crippen LogP contribution in [-0.4, -0.2) is 42.3 Å². The van der Waals surface area contributed by atoms with Crippen LogP contribution in [0.4, 0.5) is 0 Å². The Hall–Kier alpha value is -0.900. The van der Waals surface area contributed by atoms with Crippen molar-refractivity contribution in [2.24, 2.45) is 0 Å². The molecule has 1 aromatic carbocycles. The zero-order chi connectivity index (χ0) is 12.1. The van der Waals surface area contributed by atoms with Crippen molar-refractivity contribution in [1.82, 2.24) is 10.2 Å². The van der Waals surface area contributed by atoms with Crippen LogP contribution in [0.1, 0.15) is 17.5 Å². The van der Waals surface area contributed by atoms with Crippen LogP contribution in [0, 0.1) is 6.92 Å². The van der Waals surface area contributed by atoms with Gasteiger partial charge in [-0.3, -0.25) is 4.90 Å². The van der Waals surface area contributed by atoms with Crippen molar-refractivity contribution in [2.45, 2.75) is 25.9 Å². The van der Waals surface area contributed by atoms with Gasteiger partial charge in [-0.1, -0.05) is 29.8 Å². The number of aliphatic hydroxyl groups excluding tert-OH is 1. The van der Waals surface area contributed by atoms with E-state index >= 15 is 0 Å². The fourth-order valence-corrected chi connectivity index (χ4v) is 2.34. The summed E-state index contributed by atoms with van der Waals surface area (Å²) in [5.74, 6) is 0. The van der Waals surface area contributed by atoms with Crippen LogP contribution in [0.2, 0.25) is 0 Å². The number of nitrogens with one attached hydrogen (secondary N) is 1. The molecule has 2 rings (SSSR count). The van der Waals surface area contributed by atoms with E-state index in [1.54, 1.807) is 0 Å². The second-order valence-corrected chi connectivity index (χ2v) is 4.88. The lowest BCUT2D eigenvalue weighted by Crippen LogP contribution is -2.50. The minimum atomic E-state index is 0.274. The predicted octanol–water partition coefficient (Wildman–Crippen LogP) is 1.15. The second-order valence-electron chi connectivity index (χ2n) is 4.88. The number of aliphatic hydroxyl groups is 1. The topological polar surface area (TPSA) is 35.5 Å². The van der Waals surface area contributed by atoms with Crippen molar-refractivity contribution in [1.29, 1.82) is 0 Å². The second kappa shape index (κ2) is 6.15. The molecule has 1 saturated heterocycles. The Morgan fingerprint density at radius 2 is 2.12 bits per heavy atom. The Morgan fingerprint density at radius 3 is 2.82 bits per heavy atom. The molecule has 3 heteroatoms. The van der Waals surface area contributed by atoms with E-state index in [2.05, 4.69) is 41.4 Å². The molecule has 2 N–H and O–H groups in total. The third kappa shape index (κ3) is 3.80. The van der Waals surface area contributed by atoms with Gasteiger partial charge < -0.3 is 10.4 Å². The molecular formula is C14H22N2O. The first kappa shape index (κ1) is 12.6. The molecule has 1 heterocycles. The van der Waals surface area contributed by atoms with Crippen molar-refractivity contribution in [3.63, 3.8) is 0 Å². The fraction of sp³-hybridized carbons (Fsp3) is 0.571. The first-order valence-corrected chi connectivity index (χ1v) is 6.40. The van der Waals surface area contributed by atoms with Crippen LogP contribution >= 0.6 is 0 Å². The lowest BCUT2D eigenvalue weighted by atomic mass is 10.1. The van der Waals surface area contributed by atoms with E-state index in [9.17, 15) is 0 Å². The average molecular weight is 234 g/mol. The first-order chi connectivity index (χ1) is 8.28. The number of piperazine rings is 1. The van der Waals surface area contributed by atoms with Gasteiger partial charge in [-0.25, -0.2) is 0 Å². The summed E-state index contributed by atoms with van der Waals surface area (Å²) >= 11 is 0. The number of aryl methyl sites for hydroxylation is 1. The molecule has 0 radical (unpaired) electrons. The summed E-state index contributed by atoms with van der Waals surface area (Å²) in [6.07, 6.45) is 0.852. The van der Waals surface area contributed by atoms with Crippen LogP contribution in [0.3, 0.4) is 0 Å². The van der Waals surface area contributed by atoms with E-state index in [0.717, 1.165) is 32.6 Å². The minimum absolute atomic E-state index is 0.274. The molecule has 0 amide bonds. The summed E-state index contributed by atoms with van der Waals surface area (Å²) in [6.45, 7) is 6.56. The Labute approximate surface area is 103 Å². The number of benzene rings is 1. The summed E-state index contributed by atoms with van der Waals surface area (Å²) in [6, 6.07) is 9.20. The van der Waals surface area contributed by atoms with Crippen LogP contribution in [0.15, 0.2) is 24.3 Å². The van der Waals surface area contributed by atoms with Gasteiger partial charge in [-0.15, -0.1) is 0 Å². The van der Waals surface area contributed by atoms with Gasteiger partial charge in [0.25, 0.3) is 0 Å². The van der Waals surface area contributed by atoms with E-state index < -0.39 is 0 Å². The lowest BCUT2D eigenvalue weighted by molar-refractivity contribution is 0.168. The van der Waals surface area contributed by atoms with Crippen molar-refractivity contribution >= 4 is 0 Å². The molecule has 17 heavy (non-hydrogen) atoms. The molecule has 1 atom stereocenters. The standard InChI is InChI=1S/C14H22N2O/c1-12-2-4-13(5-3-12)10-16-8-7-15-14(11-16)6-9-17/h2-5,14-15,17H,6-11H2,1H3. The molecule has 3 nitrogen and oxygen atoms in total. The van der Waals surface area contributed by atoms with Gasteiger partial charge in [0, 0.05) is 38.8 Å². The molecule has 0 aliphatic carbocycles. The average Bonchev–Trinajstić information content (AvgIpc) is 2.33. The predicted molar refractivity (Wildman–Crippen MR) is 69.9 cm³/mol. The van der Waals surface area contributed by atoms with E-state index in [1.807, 2.05) is 0 Å². The molecular weight excluding hydrogens is 212 g/mol. The number of hydrogen-bond acceptors (Lipinski definition) is 3. The Kier molecular flexibility index (Phi) is 4.54. The van der Waals surface area contributed by atoms with Crippen LogP contribution < -0.4 is 5.32 Å². The normalized spacial score (nSPS) is 21.6. The third-order valence-corrected chi connectivity index (χ3v) is 3.34. The minimum Gasteiger partial charge on any atom is -0.396 e. The van der Waals surface area contributed by atoms with Gasteiger partial charge in [-0.2, -0.15) is 0 Å². The van der Waals surface area contributed by atoms with Crippen LogP contribution in [0.25, 0.3) is 0 Å². The Balaban J connectivity index is 1.87. The molecule has 0 bridgehead atoms. The van der Waals surface area contributed by atoms with Gasteiger partial charge >= 0.3 is 0 Å². The maximum atomic E-state index is 8.97. The van der Waals surface area contributed by atoms with E-state index in [4.69, 9.17) is 5.11 Å². The Morgan fingerprint density at radius 1 is 1.35 bits per heavy atom. The quantitative estimate of drug-likeness (QED) is 0.820. The summed E-state index contributed by atoms with van der Waals surface area (Å²) in [5.41, 5.74) is 2.69. The van der Waals surface area contributed by atoms with Crippen molar-refractivity contribution < 1.29 is 5.11 Å². The van der Waals surface area contributed by atoms with Crippen molar-refractivity contribution in [2.75, 3.05) is 26.2 Å². The van der Waals surface area contributed by atoms with Gasteiger partial charge in [0.05, 0.1) is 0 Å². The number of hydrogen-bond donors (Lipinski definition) is 2. The molecule has 0 saturated carbocycles. The van der Waals surface area contributed by atoms with Crippen LogP contribution in [-0.2, 0) is 6.54 Å². The third-order valence-electron chi connectivity index (χ3n) is 3.34. The molecule has 0 spiro atoms. The van der Waals surface area contributed by atoms with Gasteiger partial charge in [-0.05, 0) is 18.9 Å². The highest BCUT2D eigenvalue weighted by molar-refractivity contribution is 5.21. The molecule has 1 unspecified atom stereocenters. The van der Waals surface area contributed by atoms with E-state index in [1.165, 1.54) is 11.1 Å². The fourth-order valence-electron chi connectivity index (χ4n) is 2.34. The highest BCUT2D eigenvalue weighted by Crippen LogP contribution is 2.10. The molecule has 94 valence electrons. The monoisotopic (exact) mass is 234 g/mol. The molecule has 1 aliphatic rings. The van der Waals surface area contributed by atoms with Crippen LogP contribution in [0.5, 0.6) is 0 Å². The van der Waals surface area contributed by atoms with Gasteiger partial charge in [0.1, 0.15) is 0 Å². The summed E-state index contributed by atoms with van der Waals surface area (Å²) in [5, 5.41) is 12.4. The maximum absolute atomic E-state index is 8.97.